The lowest BCUT2D eigenvalue weighted by atomic mass is 10.5. The summed E-state index contributed by atoms with van der Waals surface area (Å²) in [4.78, 5) is 20.3. The average Bonchev–Trinajstić information content (AvgIpc) is 2.00. The molecule has 0 bridgehead atoms. The number of esters is 1. The Morgan fingerprint density at radius 3 is 2.30 bits per heavy atom. The minimum absolute atomic E-state index is 0.265. The number of methoxy groups -OCH3 is 1. The Kier molecular flexibility index (Phi) is 4.07. The zero-order valence-corrected chi connectivity index (χ0v) is 6.57. The summed E-state index contributed by atoms with van der Waals surface area (Å²) in [5.41, 5.74) is 0. The molecule has 0 aliphatic rings. The fraction of sp³-hybridized carbons (Fsp3) is 0.200. The van der Waals surface area contributed by atoms with Crippen LogP contribution in [0.4, 0.5) is 0 Å². The van der Waals surface area contributed by atoms with E-state index < -0.39 is 11.0 Å². The number of carbonyl (C=O) groups excluding carboxylic acids is 2. The van der Waals surface area contributed by atoms with Crippen LogP contribution in [0.25, 0.3) is 0 Å². The summed E-state index contributed by atoms with van der Waals surface area (Å²) in [5, 5.41) is -0.757. The Morgan fingerprint density at radius 2 is 2.00 bits per heavy atom. The first-order valence-corrected chi connectivity index (χ1v) is 2.97. The Hall–Kier alpha value is -0.540. The number of carbonyl (C=O) groups is 2. The van der Waals surface area contributed by atoms with Crippen molar-refractivity contribution in [3.8, 4) is 0 Å². The van der Waals surface area contributed by atoms with Crippen LogP contribution in [0.1, 0.15) is 0 Å². The zero-order chi connectivity index (χ0) is 8.15. The maximum atomic E-state index is 10.5. The van der Waals surface area contributed by atoms with Crippen molar-refractivity contribution in [1.29, 1.82) is 0 Å². The topological polar surface area (TPSA) is 43.4 Å². The molecular weight excluding hydrogens is 179 g/mol. The van der Waals surface area contributed by atoms with E-state index in [-0.39, 0.29) is 11.3 Å². The van der Waals surface area contributed by atoms with Crippen LogP contribution in [-0.4, -0.2) is 19.4 Å². The third kappa shape index (κ3) is 2.37. The van der Waals surface area contributed by atoms with Crippen LogP contribution < -0.4 is 0 Å². The summed E-state index contributed by atoms with van der Waals surface area (Å²) in [6.07, 6.45) is 0.265. The highest BCUT2D eigenvalue weighted by Crippen LogP contribution is 2.12. The number of hydrogen-bond acceptors (Lipinski definition) is 3. The summed E-state index contributed by atoms with van der Waals surface area (Å²) in [6, 6.07) is 0. The van der Waals surface area contributed by atoms with Crippen LogP contribution >= 0.6 is 23.2 Å². The van der Waals surface area contributed by atoms with E-state index in [1.54, 1.807) is 0 Å². The molecule has 56 valence electrons. The fourth-order valence-electron chi connectivity index (χ4n) is 0.239. The first-order valence-electron chi connectivity index (χ1n) is 2.22. The third-order valence-corrected chi connectivity index (χ3v) is 1.41. The molecule has 0 radical (unpaired) electrons. The van der Waals surface area contributed by atoms with Gasteiger partial charge < -0.3 is 4.74 Å². The van der Waals surface area contributed by atoms with E-state index in [2.05, 4.69) is 4.74 Å². The molecule has 0 heterocycles. The lowest BCUT2D eigenvalue weighted by Crippen LogP contribution is -2.01. The van der Waals surface area contributed by atoms with E-state index >= 15 is 0 Å². The van der Waals surface area contributed by atoms with Crippen LogP contribution in [0.3, 0.4) is 0 Å². The largest absolute Gasteiger partial charge is 0.465 e. The van der Waals surface area contributed by atoms with Gasteiger partial charge in [-0.3, -0.25) is 4.79 Å². The van der Waals surface area contributed by atoms with Gasteiger partial charge in [0, 0.05) is 0 Å². The number of halogens is 2. The minimum Gasteiger partial charge on any atom is -0.465 e. The van der Waals surface area contributed by atoms with E-state index in [4.69, 9.17) is 23.2 Å². The number of ether oxygens (including phenoxy) is 1. The fourth-order valence-corrected chi connectivity index (χ4v) is 0.438. The highest BCUT2D eigenvalue weighted by Gasteiger charge is 2.10. The van der Waals surface area contributed by atoms with E-state index in [0.29, 0.717) is 0 Å². The first-order chi connectivity index (χ1) is 4.63. The normalized spacial score (nSPS) is 11.9. The Bertz CT molecular complexity index is 185. The van der Waals surface area contributed by atoms with Gasteiger partial charge >= 0.3 is 5.97 Å². The lowest BCUT2D eigenvalue weighted by molar-refractivity contribution is -0.135. The molecule has 0 aliphatic carbocycles. The quantitative estimate of drug-likeness (QED) is 0.365. The Labute approximate surface area is 67.6 Å². The molecule has 0 aliphatic heterocycles. The van der Waals surface area contributed by atoms with Crippen molar-refractivity contribution in [1.82, 2.24) is 0 Å². The maximum Gasteiger partial charge on any atom is 0.351 e. The smallest absolute Gasteiger partial charge is 0.351 e. The maximum absolute atomic E-state index is 10.5. The molecule has 0 rings (SSSR count). The van der Waals surface area contributed by atoms with E-state index in [9.17, 15) is 9.59 Å². The van der Waals surface area contributed by atoms with Crippen molar-refractivity contribution >= 4 is 35.5 Å². The third-order valence-electron chi connectivity index (χ3n) is 0.678. The number of hydrogen-bond donors (Lipinski definition) is 0. The van der Waals surface area contributed by atoms with Gasteiger partial charge in [-0.25, -0.2) is 4.79 Å². The molecule has 0 aromatic rings. The summed E-state index contributed by atoms with van der Waals surface area (Å²) in [7, 11) is 1.14. The standard InChI is InChI=1S/C5H4Cl2O3/c1-10-5(9)4(7)3(6)2-8/h2H,1H3/b4-3-. The zero-order valence-electron chi connectivity index (χ0n) is 5.06. The molecule has 0 fully saturated rings. The molecule has 0 unspecified atom stereocenters. The second-order valence-corrected chi connectivity index (χ2v) is 2.06. The van der Waals surface area contributed by atoms with Gasteiger partial charge in [0.15, 0.2) is 6.29 Å². The van der Waals surface area contributed by atoms with Gasteiger partial charge in [-0.05, 0) is 0 Å². The predicted octanol–water partition coefficient (Wildman–Crippen LogP) is 1.05. The number of aldehydes is 1. The van der Waals surface area contributed by atoms with Gasteiger partial charge in [-0.2, -0.15) is 0 Å². The molecule has 0 saturated carbocycles. The minimum atomic E-state index is -0.821. The SMILES string of the molecule is COC(=O)/C(Cl)=C(/Cl)C=O. The van der Waals surface area contributed by atoms with Crippen molar-refractivity contribution in [3.05, 3.63) is 10.1 Å². The molecule has 0 spiro atoms. The molecular formula is C5H4Cl2O3. The molecule has 10 heavy (non-hydrogen) atoms. The molecule has 0 N–H and O–H groups in total. The number of allylic oxidation sites excluding steroid dienone is 1. The first kappa shape index (κ1) is 9.46. The summed E-state index contributed by atoms with van der Waals surface area (Å²) >= 11 is 10.4. The number of rotatable bonds is 2. The highest BCUT2D eigenvalue weighted by molar-refractivity contribution is 6.51. The van der Waals surface area contributed by atoms with Gasteiger partial charge in [0.05, 0.1) is 7.11 Å². The molecule has 5 heteroatoms. The molecule has 0 atom stereocenters. The van der Waals surface area contributed by atoms with Crippen LogP contribution in [-0.2, 0) is 14.3 Å². The Morgan fingerprint density at radius 1 is 1.50 bits per heavy atom. The molecule has 0 aromatic heterocycles. The van der Waals surface area contributed by atoms with Gasteiger partial charge in [-0.1, -0.05) is 23.2 Å². The van der Waals surface area contributed by atoms with E-state index in [1.165, 1.54) is 0 Å². The predicted molar refractivity (Wildman–Crippen MR) is 36.8 cm³/mol. The van der Waals surface area contributed by atoms with Crippen molar-refractivity contribution in [2.24, 2.45) is 0 Å². The van der Waals surface area contributed by atoms with Gasteiger partial charge in [0.1, 0.15) is 10.1 Å². The van der Waals surface area contributed by atoms with Crippen LogP contribution in [0, 0.1) is 0 Å². The van der Waals surface area contributed by atoms with Gasteiger partial charge in [-0.15, -0.1) is 0 Å². The summed E-state index contributed by atoms with van der Waals surface area (Å²) < 4.78 is 4.16. The Balaban J connectivity index is 4.45. The van der Waals surface area contributed by atoms with Crippen molar-refractivity contribution in [2.45, 2.75) is 0 Å². The van der Waals surface area contributed by atoms with Gasteiger partial charge in [0.2, 0.25) is 0 Å². The lowest BCUT2D eigenvalue weighted by Gasteiger charge is -1.94. The van der Waals surface area contributed by atoms with E-state index in [1.807, 2.05) is 0 Å². The van der Waals surface area contributed by atoms with Crippen LogP contribution in [0.5, 0.6) is 0 Å². The second-order valence-electron chi connectivity index (χ2n) is 1.27. The summed E-state index contributed by atoms with van der Waals surface area (Å²) in [6.45, 7) is 0. The van der Waals surface area contributed by atoms with Crippen molar-refractivity contribution in [3.63, 3.8) is 0 Å². The molecule has 3 nitrogen and oxygen atoms in total. The van der Waals surface area contributed by atoms with Crippen molar-refractivity contribution < 1.29 is 14.3 Å². The molecule has 0 aromatic carbocycles. The average molecular weight is 183 g/mol. The highest BCUT2D eigenvalue weighted by atomic mass is 35.5. The molecule has 0 amide bonds. The van der Waals surface area contributed by atoms with Gasteiger partial charge in [0.25, 0.3) is 0 Å². The van der Waals surface area contributed by atoms with Crippen LogP contribution in [0.2, 0.25) is 0 Å². The van der Waals surface area contributed by atoms with E-state index in [0.717, 1.165) is 7.11 Å². The summed E-state index contributed by atoms with van der Waals surface area (Å²) in [5.74, 6) is -0.821. The second kappa shape index (κ2) is 4.30. The van der Waals surface area contributed by atoms with Crippen molar-refractivity contribution in [2.75, 3.05) is 7.11 Å². The van der Waals surface area contributed by atoms with Crippen LogP contribution in [0.15, 0.2) is 10.1 Å². The monoisotopic (exact) mass is 182 g/mol. The molecule has 0 saturated heterocycles.